The van der Waals surface area contributed by atoms with E-state index in [1.54, 1.807) is 36.4 Å². The zero-order valence-electron chi connectivity index (χ0n) is 14.9. The van der Waals surface area contributed by atoms with Crippen molar-refractivity contribution in [3.8, 4) is 0 Å². The average Bonchev–Trinajstić information content (AvgIpc) is 2.61. The Morgan fingerprint density at radius 3 is 2.52 bits per heavy atom. The van der Waals surface area contributed by atoms with Gasteiger partial charge in [-0.3, -0.25) is 14.9 Å². The molecule has 0 radical (unpaired) electrons. The lowest BCUT2D eigenvalue weighted by molar-refractivity contribution is 0.102. The number of pyridine rings is 1. The molecular formula is C20H19N3O4. The molecule has 0 fully saturated rings. The van der Waals surface area contributed by atoms with Gasteiger partial charge in [0, 0.05) is 28.5 Å². The first kappa shape index (κ1) is 18.2. The fourth-order valence-electron chi connectivity index (χ4n) is 2.90. The van der Waals surface area contributed by atoms with Crippen LogP contribution in [0.5, 0.6) is 0 Å². The summed E-state index contributed by atoms with van der Waals surface area (Å²) < 4.78 is 0. The van der Waals surface area contributed by atoms with Gasteiger partial charge in [0.1, 0.15) is 5.56 Å². The quantitative estimate of drug-likeness (QED) is 0.560. The van der Waals surface area contributed by atoms with Gasteiger partial charge < -0.3 is 15.4 Å². The molecular weight excluding hydrogens is 346 g/mol. The molecule has 4 N–H and O–H groups in total. The predicted octanol–water partition coefficient (Wildman–Crippen LogP) is 3.99. The summed E-state index contributed by atoms with van der Waals surface area (Å²) in [7, 11) is 0. The number of amides is 2. The number of para-hydroxylation sites is 1. The summed E-state index contributed by atoms with van der Waals surface area (Å²) in [5.41, 5.74) is 1.84. The number of anilines is 2. The highest BCUT2D eigenvalue weighted by Crippen LogP contribution is 2.27. The van der Waals surface area contributed by atoms with Gasteiger partial charge in [-0.1, -0.05) is 32.0 Å². The molecule has 0 aliphatic carbocycles. The molecule has 0 bridgehead atoms. The number of rotatable bonds is 4. The first-order chi connectivity index (χ1) is 12.9. The number of carboxylic acid groups (broad SMARTS) is 1. The second-order valence-corrected chi connectivity index (χ2v) is 6.42. The molecule has 7 heteroatoms. The van der Waals surface area contributed by atoms with E-state index in [-0.39, 0.29) is 16.9 Å². The van der Waals surface area contributed by atoms with Crippen LogP contribution in [0, 0.1) is 0 Å². The van der Waals surface area contributed by atoms with Gasteiger partial charge >= 0.3 is 6.09 Å². The minimum atomic E-state index is -1.19. The molecule has 0 saturated heterocycles. The van der Waals surface area contributed by atoms with Crippen LogP contribution in [0.2, 0.25) is 0 Å². The Balaban J connectivity index is 1.93. The van der Waals surface area contributed by atoms with E-state index in [1.807, 2.05) is 13.8 Å². The summed E-state index contributed by atoms with van der Waals surface area (Å²) in [5, 5.41) is 14.4. The van der Waals surface area contributed by atoms with E-state index in [2.05, 4.69) is 15.6 Å². The minimum absolute atomic E-state index is 0.0191. The molecule has 0 unspecified atom stereocenters. The van der Waals surface area contributed by atoms with Crippen LogP contribution in [0.3, 0.4) is 0 Å². The van der Waals surface area contributed by atoms with Crippen molar-refractivity contribution in [2.24, 2.45) is 0 Å². The molecule has 27 heavy (non-hydrogen) atoms. The molecule has 3 rings (SSSR count). The number of aromatic nitrogens is 1. The Morgan fingerprint density at radius 1 is 1.07 bits per heavy atom. The van der Waals surface area contributed by atoms with Gasteiger partial charge in [0.2, 0.25) is 5.43 Å². The fraction of sp³-hybridized carbons (Fsp3) is 0.150. The van der Waals surface area contributed by atoms with Crippen LogP contribution in [0.1, 0.15) is 35.7 Å². The highest BCUT2D eigenvalue weighted by atomic mass is 16.4. The van der Waals surface area contributed by atoms with E-state index >= 15 is 0 Å². The zero-order chi connectivity index (χ0) is 19.6. The highest BCUT2D eigenvalue weighted by molar-refractivity contribution is 6.06. The molecule has 0 aliphatic rings. The molecule has 3 aromatic rings. The number of aromatic amines is 1. The standard InChI is InChI=1S/C20H19N3O4/c1-11(2)13-8-7-12(9-17(13)23-20(26)27)22-19(25)15-10-21-16-6-4-3-5-14(16)18(15)24/h3-11,23H,1-2H3,(H,21,24)(H,22,25)(H,26,27). The SMILES string of the molecule is CC(C)c1ccc(NC(=O)c2c[nH]c3ccccc3c2=O)cc1NC(=O)O. The van der Waals surface area contributed by atoms with E-state index in [0.717, 1.165) is 5.56 Å². The molecule has 0 spiro atoms. The van der Waals surface area contributed by atoms with Gasteiger partial charge in [-0.15, -0.1) is 0 Å². The van der Waals surface area contributed by atoms with Crippen LogP contribution in [-0.4, -0.2) is 22.1 Å². The molecule has 0 atom stereocenters. The zero-order valence-corrected chi connectivity index (χ0v) is 14.9. The number of fused-ring (bicyclic) bond motifs is 1. The third-order valence-electron chi connectivity index (χ3n) is 4.21. The lowest BCUT2D eigenvalue weighted by Gasteiger charge is -2.14. The molecule has 2 amide bonds. The summed E-state index contributed by atoms with van der Waals surface area (Å²) >= 11 is 0. The minimum Gasteiger partial charge on any atom is -0.465 e. The first-order valence-electron chi connectivity index (χ1n) is 8.42. The van der Waals surface area contributed by atoms with Gasteiger partial charge in [0.05, 0.1) is 0 Å². The summed E-state index contributed by atoms with van der Waals surface area (Å²) in [4.78, 5) is 39.1. The lowest BCUT2D eigenvalue weighted by Crippen LogP contribution is -2.22. The first-order valence-corrected chi connectivity index (χ1v) is 8.42. The molecule has 1 heterocycles. The lowest BCUT2D eigenvalue weighted by atomic mass is 10.0. The maximum atomic E-state index is 12.6. The van der Waals surface area contributed by atoms with E-state index in [0.29, 0.717) is 22.3 Å². The Labute approximate surface area is 155 Å². The Kier molecular flexibility index (Phi) is 4.94. The van der Waals surface area contributed by atoms with Crippen molar-refractivity contribution in [2.45, 2.75) is 19.8 Å². The van der Waals surface area contributed by atoms with Crippen molar-refractivity contribution in [3.63, 3.8) is 0 Å². The van der Waals surface area contributed by atoms with Gasteiger partial charge in [-0.05, 0) is 35.7 Å². The Hall–Kier alpha value is -3.61. The van der Waals surface area contributed by atoms with E-state index in [4.69, 9.17) is 5.11 Å². The largest absolute Gasteiger partial charge is 0.465 e. The van der Waals surface area contributed by atoms with E-state index in [1.165, 1.54) is 12.3 Å². The number of benzene rings is 2. The van der Waals surface area contributed by atoms with Crippen molar-refractivity contribution < 1.29 is 14.7 Å². The Morgan fingerprint density at radius 2 is 1.81 bits per heavy atom. The second kappa shape index (κ2) is 7.33. The van der Waals surface area contributed by atoms with E-state index in [9.17, 15) is 14.4 Å². The smallest absolute Gasteiger partial charge is 0.409 e. The number of nitrogens with one attached hydrogen (secondary N) is 3. The summed E-state index contributed by atoms with van der Waals surface area (Å²) in [6, 6.07) is 11.9. The van der Waals surface area contributed by atoms with Crippen molar-refractivity contribution in [3.05, 3.63) is 70.0 Å². The van der Waals surface area contributed by atoms with Gasteiger partial charge in [0.25, 0.3) is 5.91 Å². The molecule has 1 aromatic heterocycles. The number of hydrogen-bond acceptors (Lipinski definition) is 3. The van der Waals surface area contributed by atoms with Gasteiger partial charge in [-0.25, -0.2) is 4.79 Å². The third kappa shape index (κ3) is 3.82. The van der Waals surface area contributed by atoms with Gasteiger partial charge in [0.15, 0.2) is 0 Å². The van der Waals surface area contributed by atoms with Crippen LogP contribution in [-0.2, 0) is 0 Å². The second-order valence-electron chi connectivity index (χ2n) is 6.42. The summed E-state index contributed by atoms with van der Waals surface area (Å²) in [5.74, 6) is -0.472. The molecule has 7 nitrogen and oxygen atoms in total. The average molecular weight is 365 g/mol. The highest BCUT2D eigenvalue weighted by Gasteiger charge is 2.15. The maximum Gasteiger partial charge on any atom is 0.409 e. The Bertz CT molecular complexity index is 1090. The number of carbonyl (C=O) groups is 2. The van der Waals surface area contributed by atoms with Crippen molar-refractivity contribution >= 4 is 34.3 Å². The van der Waals surface area contributed by atoms with Crippen LogP contribution >= 0.6 is 0 Å². The number of hydrogen-bond donors (Lipinski definition) is 4. The molecule has 0 aliphatic heterocycles. The number of H-pyrrole nitrogens is 1. The van der Waals surface area contributed by atoms with Crippen molar-refractivity contribution in [1.29, 1.82) is 0 Å². The van der Waals surface area contributed by atoms with Crippen molar-refractivity contribution in [2.75, 3.05) is 10.6 Å². The monoisotopic (exact) mass is 365 g/mol. The van der Waals surface area contributed by atoms with Crippen LogP contribution in [0.15, 0.2) is 53.5 Å². The fourth-order valence-corrected chi connectivity index (χ4v) is 2.90. The van der Waals surface area contributed by atoms with Crippen LogP contribution < -0.4 is 16.1 Å². The molecule has 2 aromatic carbocycles. The molecule has 138 valence electrons. The van der Waals surface area contributed by atoms with Crippen LogP contribution in [0.4, 0.5) is 16.2 Å². The van der Waals surface area contributed by atoms with E-state index < -0.39 is 12.0 Å². The normalized spacial score (nSPS) is 10.8. The molecule has 0 saturated carbocycles. The predicted molar refractivity (Wildman–Crippen MR) is 105 cm³/mol. The topological polar surface area (TPSA) is 111 Å². The summed E-state index contributed by atoms with van der Waals surface area (Å²) in [6.07, 6.45) is 0.185. The van der Waals surface area contributed by atoms with Gasteiger partial charge in [-0.2, -0.15) is 0 Å². The third-order valence-corrected chi connectivity index (χ3v) is 4.21. The van der Waals surface area contributed by atoms with Crippen molar-refractivity contribution in [1.82, 2.24) is 4.98 Å². The van der Waals surface area contributed by atoms with Crippen LogP contribution in [0.25, 0.3) is 10.9 Å². The summed E-state index contributed by atoms with van der Waals surface area (Å²) in [6.45, 7) is 3.88. The number of carbonyl (C=O) groups excluding carboxylic acids is 1. The maximum absolute atomic E-state index is 12.6.